The molecule has 0 spiro atoms. The van der Waals surface area contributed by atoms with E-state index >= 15 is 0 Å². The molecule has 6 nitrogen and oxygen atoms in total. The monoisotopic (exact) mass is 352 g/mol. The maximum Gasteiger partial charge on any atom is 0.407 e. The zero-order valence-electron chi connectivity index (χ0n) is 15.9. The van der Waals surface area contributed by atoms with Crippen molar-refractivity contribution in [2.45, 2.75) is 58.8 Å². The molecule has 0 aliphatic rings. The Morgan fingerprint density at radius 3 is 2.28 bits per heavy atom. The van der Waals surface area contributed by atoms with Crippen LogP contribution in [0.2, 0.25) is 0 Å². The molecule has 0 heterocycles. The number of hydrogen-bond acceptors (Lipinski definition) is 5. The molecule has 0 radical (unpaired) electrons. The maximum absolute atomic E-state index is 12.1. The van der Waals surface area contributed by atoms with E-state index in [1.807, 2.05) is 0 Å². The first-order chi connectivity index (χ1) is 11.6. The topological polar surface area (TPSA) is 90.8 Å². The zero-order chi connectivity index (χ0) is 19.0. The van der Waals surface area contributed by atoms with Crippen molar-refractivity contribution in [2.75, 3.05) is 13.1 Å². The van der Waals surface area contributed by atoms with Crippen molar-refractivity contribution in [3.8, 4) is 5.75 Å². The van der Waals surface area contributed by atoms with Gasteiger partial charge in [0.2, 0.25) is 0 Å². The van der Waals surface area contributed by atoms with Crippen LogP contribution in [0.3, 0.4) is 0 Å². The number of rotatable bonds is 8. The van der Waals surface area contributed by atoms with Crippen LogP contribution in [0.4, 0.5) is 4.79 Å². The molecular weight excluding hydrogens is 320 g/mol. The van der Waals surface area contributed by atoms with Gasteiger partial charge in [-0.2, -0.15) is 0 Å². The van der Waals surface area contributed by atoms with E-state index in [-0.39, 0.29) is 5.75 Å². The molecule has 1 unspecified atom stereocenters. The fraction of sp³-hybridized carbons (Fsp3) is 0.632. The molecule has 1 aromatic rings. The van der Waals surface area contributed by atoms with Crippen molar-refractivity contribution >= 4 is 6.09 Å². The number of carbonyl (C=O) groups excluding carboxylic acids is 1. The van der Waals surface area contributed by atoms with Gasteiger partial charge in [0.15, 0.2) is 0 Å². The molecule has 0 aromatic heterocycles. The summed E-state index contributed by atoms with van der Waals surface area (Å²) in [5, 5.41) is 25.9. The van der Waals surface area contributed by atoms with Gasteiger partial charge in [0, 0.05) is 6.54 Å². The van der Waals surface area contributed by atoms with Crippen LogP contribution in [0.15, 0.2) is 24.3 Å². The van der Waals surface area contributed by atoms with E-state index in [1.165, 1.54) is 0 Å². The second kappa shape index (κ2) is 9.63. The normalized spacial score (nSPS) is 14.2. The lowest BCUT2D eigenvalue weighted by Gasteiger charge is -2.27. The van der Waals surface area contributed by atoms with Gasteiger partial charge in [0.1, 0.15) is 11.4 Å². The minimum atomic E-state index is -0.764. The summed E-state index contributed by atoms with van der Waals surface area (Å²) in [4.78, 5) is 12.1. The second-order valence-corrected chi connectivity index (χ2v) is 7.74. The van der Waals surface area contributed by atoms with E-state index in [2.05, 4.69) is 24.5 Å². The number of nitrogens with one attached hydrogen (secondary N) is 2. The average Bonchev–Trinajstić information content (AvgIpc) is 2.46. The molecule has 6 heteroatoms. The van der Waals surface area contributed by atoms with Crippen LogP contribution in [0.1, 0.15) is 40.2 Å². The quantitative estimate of drug-likeness (QED) is 0.577. The SMILES string of the molecule is CC(C)CNCC(O)[C@H](Cc1ccc(O)cc1)NC(=O)OC(C)(C)C. The van der Waals surface area contributed by atoms with Crippen LogP contribution in [0.5, 0.6) is 5.75 Å². The van der Waals surface area contributed by atoms with E-state index in [9.17, 15) is 15.0 Å². The van der Waals surface area contributed by atoms with Crippen LogP contribution in [0.25, 0.3) is 0 Å². The molecule has 25 heavy (non-hydrogen) atoms. The van der Waals surface area contributed by atoms with Gasteiger partial charge in [-0.05, 0) is 57.4 Å². The summed E-state index contributed by atoms with van der Waals surface area (Å²) in [5.41, 5.74) is 0.301. The first kappa shape index (κ1) is 21.3. The van der Waals surface area contributed by atoms with Crippen molar-refractivity contribution in [3.05, 3.63) is 29.8 Å². The van der Waals surface area contributed by atoms with E-state index in [1.54, 1.807) is 45.0 Å². The van der Waals surface area contributed by atoms with E-state index in [4.69, 9.17) is 4.74 Å². The Hall–Kier alpha value is -1.79. The van der Waals surface area contributed by atoms with Crippen LogP contribution in [0, 0.1) is 5.92 Å². The summed E-state index contributed by atoms with van der Waals surface area (Å²) in [5.74, 6) is 0.654. The lowest BCUT2D eigenvalue weighted by atomic mass is 10.0. The van der Waals surface area contributed by atoms with Gasteiger partial charge in [-0.15, -0.1) is 0 Å². The number of benzene rings is 1. The molecule has 1 aromatic carbocycles. The number of ether oxygens (including phenoxy) is 1. The number of aliphatic hydroxyl groups excluding tert-OH is 1. The summed E-state index contributed by atoms with van der Waals surface area (Å²) in [7, 11) is 0. The second-order valence-electron chi connectivity index (χ2n) is 7.74. The molecule has 0 saturated carbocycles. The fourth-order valence-electron chi connectivity index (χ4n) is 2.29. The van der Waals surface area contributed by atoms with Gasteiger partial charge in [0.05, 0.1) is 12.1 Å². The van der Waals surface area contributed by atoms with Crippen LogP contribution in [-0.2, 0) is 11.2 Å². The number of alkyl carbamates (subject to hydrolysis) is 1. The van der Waals surface area contributed by atoms with Crippen molar-refractivity contribution in [3.63, 3.8) is 0 Å². The van der Waals surface area contributed by atoms with Crippen molar-refractivity contribution < 1.29 is 19.7 Å². The highest BCUT2D eigenvalue weighted by atomic mass is 16.6. The number of phenolic OH excluding ortho intramolecular Hbond substituents is 1. The van der Waals surface area contributed by atoms with E-state index in [0.29, 0.717) is 18.9 Å². The van der Waals surface area contributed by atoms with Crippen LogP contribution >= 0.6 is 0 Å². The molecule has 4 N–H and O–H groups in total. The predicted molar refractivity (Wildman–Crippen MR) is 98.7 cm³/mol. The number of hydrogen-bond donors (Lipinski definition) is 4. The Labute approximate surface area is 150 Å². The lowest BCUT2D eigenvalue weighted by Crippen LogP contribution is -2.50. The van der Waals surface area contributed by atoms with Gasteiger partial charge in [-0.3, -0.25) is 0 Å². The standard InChI is InChI=1S/C19H32N2O4/c1-13(2)11-20-12-17(23)16(21-18(24)25-19(3,4)5)10-14-6-8-15(22)9-7-14/h6-9,13,16-17,20,22-23H,10-12H2,1-5H3,(H,21,24)/t16-,17?/m0/s1. The number of carbonyl (C=O) groups is 1. The smallest absolute Gasteiger partial charge is 0.407 e. The zero-order valence-corrected chi connectivity index (χ0v) is 15.9. The summed E-state index contributed by atoms with van der Waals surface area (Å²) in [6.07, 6.45) is -0.886. The third kappa shape index (κ3) is 9.31. The van der Waals surface area contributed by atoms with Crippen LogP contribution in [-0.4, -0.2) is 47.1 Å². The summed E-state index contributed by atoms with van der Waals surface area (Å²) < 4.78 is 5.30. The minimum absolute atomic E-state index is 0.180. The first-order valence-electron chi connectivity index (χ1n) is 8.73. The van der Waals surface area contributed by atoms with Gasteiger partial charge >= 0.3 is 6.09 Å². The largest absolute Gasteiger partial charge is 0.508 e. The maximum atomic E-state index is 12.1. The third-order valence-corrected chi connectivity index (χ3v) is 3.46. The Bertz CT molecular complexity index is 523. The van der Waals surface area contributed by atoms with Gasteiger partial charge in [-0.1, -0.05) is 26.0 Å². The number of phenols is 1. The highest BCUT2D eigenvalue weighted by molar-refractivity contribution is 5.68. The minimum Gasteiger partial charge on any atom is -0.508 e. The Morgan fingerprint density at radius 2 is 1.76 bits per heavy atom. The molecule has 1 rings (SSSR count). The Kier molecular flexibility index (Phi) is 8.19. The van der Waals surface area contributed by atoms with Gasteiger partial charge in [-0.25, -0.2) is 4.79 Å². The summed E-state index contributed by atoms with van der Waals surface area (Å²) >= 11 is 0. The molecule has 0 bridgehead atoms. The van der Waals surface area contributed by atoms with Crippen molar-refractivity contribution in [1.82, 2.24) is 10.6 Å². The first-order valence-corrected chi connectivity index (χ1v) is 8.73. The Balaban J connectivity index is 2.74. The molecule has 1 amide bonds. The summed E-state index contributed by atoms with van der Waals surface area (Å²) in [6, 6.07) is 6.21. The molecule has 0 aliphatic heterocycles. The van der Waals surface area contributed by atoms with Crippen LogP contribution < -0.4 is 10.6 Å². The molecule has 0 saturated heterocycles. The highest BCUT2D eigenvalue weighted by Crippen LogP contribution is 2.13. The number of aromatic hydroxyl groups is 1. The average molecular weight is 352 g/mol. The molecule has 2 atom stereocenters. The molecule has 142 valence electrons. The van der Waals surface area contributed by atoms with Crippen molar-refractivity contribution in [1.29, 1.82) is 0 Å². The molecule has 0 aliphatic carbocycles. The molecular formula is C19H32N2O4. The number of amides is 1. The Morgan fingerprint density at radius 1 is 1.16 bits per heavy atom. The van der Waals surface area contributed by atoms with Gasteiger partial charge < -0.3 is 25.6 Å². The van der Waals surface area contributed by atoms with E-state index < -0.39 is 23.8 Å². The highest BCUT2D eigenvalue weighted by Gasteiger charge is 2.25. The predicted octanol–water partition coefficient (Wildman–Crippen LogP) is 2.43. The molecule has 0 fully saturated rings. The van der Waals surface area contributed by atoms with Gasteiger partial charge in [0.25, 0.3) is 0 Å². The number of aliphatic hydroxyl groups is 1. The third-order valence-electron chi connectivity index (χ3n) is 3.46. The fourth-order valence-corrected chi connectivity index (χ4v) is 2.29. The van der Waals surface area contributed by atoms with Crippen molar-refractivity contribution in [2.24, 2.45) is 5.92 Å². The lowest BCUT2D eigenvalue weighted by molar-refractivity contribution is 0.0422. The van der Waals surface area contributed by atoms with E-state index in [0.717, 1.165) is 12.1 Å². The summed E-state index contributed by atoms with van der Waals surface area (Å²) in [6.45, 7) is 10.7.